The van der Waals surface area contributed by atoms with Crippen molar-refractivity contribution in [2.75, 3.05) is 5.32 Å². The Hall–Kier alpha value is -2.15. The highest BCUT2D eigenvalue weighted by Gasteiger charge is 2.13. The van der Waals surface area contributed by atoms with Crippen molar-refractivity contribution in [3.63, 3.8) is 0 Å². The summed E-state index contributed by atoms with van der Waals surface area (Å²) < 4.78 is 18.4. The smallest absolute Gasteiger partial charge is 0.266 e. The van der Waals surface area contributed by atoms with Crippen LogP contribution < -0.4 is 10.1 Å². The predicted octanol–water partition coefficient (Wildman–Crippen LogP) is 5.42. The maximum absolute atomic E-state index is 12.9. The third kappa shape index (κ3) is 4.69. The molecule has 0 fully saturated rings. The molecule has 2 aromatic heterocycles. The second-order valence-corrected chi connectivity index (χ2v) is 6.75. The fraction of sp³-hybridized carbons (Fsp3) is 0.0588. The first kappa shape index (κ1) is 17.7. The van der Waals surface area contributed by atoms with E-state index in [0.29, 0.717) is 15.6 Å². The first-order chi connectivity index (χ1) is 12.0. The number of aromatic nitrogens is 1. The molecule has 8 heteroatoms. The van der Waals surface area contributed by atoms with Crippen molar-refractivity contribution in [3.05, 3.63) is 74.3 Å². The Bertz CT molecular complexity index is 900. The van der Waals surface area contributed by atoms with Gasteiger partial charge in [-0.05, 0) is 41.8 Å². The average molecular weight is 397 g/mol. The molecule has 0 aliphatic heterocycles. The molecule has 25 heavy (non-hydrogen) atoms. The van der Waals surface area contributed by atoms with Crippen LogP contribution in [0.2, 0.25) is 10.0 Å². The predicted molar refractivity (Wildman–Crippen MR) is 97.3 cm³/mol. The first-order valence-electron chi connectivity index (χ1n) is 7.09. The summed E-state index contributed by atoms with van der Waals surface area (Å²) in [5, 5.41) is 5.10. The maximum Gasteiger partial charge on any atom is 0.266 e. The van der Waals surface area contributed by atoms with Gasteiger partial charge < -0.3 is 10.1 Å². The third-order valence-corrected chi connectivity index (χ3v) is 4.61. The van der Waals surface area contributed by atoms with Gasteiger partial charge in [0.05, 0.1) is 14.9 Å². The highest BCUT2D eigenvalue weighted by atomic mass is 35.5. The Labute approximate surface area is 157 Å². The maximum atomic E-state index is 12.9. The molecule has 0 saturated heterocycles. The molecular formula is C17H11Cl2FN2O2S. The standard InChI is InChI=1S/C17H11Cl2FN2O2S/c18-11-6-14(19)16(21-7-11)22-17(23)15-5-10(9-25-15)8-24-13-3-1-12(20)2-4-13/h1-7,9H,8H2,(H,21,22,23). The van der Waals surface area contributed by atoms with E-state index in [4.69, 9.17) is 27.9 Å². The molecule has 0 radical (unpaired) electrons. The number of halogens is 3. The molecule has 0 unspecified atom stereocenters. The van der Waals surface area contributed by atoms with Crippen LogP contribution in [0, 0.1) is 5.82 Å². The van der Waals surface area contributed by atoms with Crippen LogP contribution >= 0.6 is 34.5 Å². The van der Waals surface area contributed by atoms with Crippen molar-refractivity contribution >= 4 is 46.3 Å². The number of nitrogens with one attached hydrogen (secondary N) is 1. The summed E-state index contributed by atoms with van der Waals surface area (Å²) in [6, 6.07) is 8.96. The van der Waals surface area contributed by atoms with Crippen LogP contribution in [0.3, 0.4) is 0 Å². The second-order valence-electron chi connectivity index (χ2n) is 5.00. The minimum atomic E-state index is -0.324. The number of carbonyl (C=O) groups excluding carboxylic acids is 1. The van der Waals surface area contributed by atoms with Gasteiger partial charge in [0.15, 0.2) is 5.82 Å². The molecule has 0 aliphatic carbocycles. The van der Waals surface area contributed by atoms with Gasteiger partial charge in [0.2, 0.25) is 0 Å². The van der Waals surface area contributed by atoms with Crippen molar-refractivity contribution in [1.82, 2.24) is 4.98 Å². The van der Waals surface area contributed by atoms with E-state index in [2.05, 4.69) is 10.3 Å². The van der Waals surface area contributed by atoms with Gasteiger partial charge in [-0.2, -0.15) is 0 Å². The molecule has 0 aliphatic rings. The van der Waals surface area contributed by atoms with Crippen LogP contribution in [0.15, 0.2) is 48.0 Å². The second kappa shape index (κ2) is 7.82. The molecule has 3 rings (SSSR count). The third-order valence-electron chi connectivity index (χ3n) is 3.14. The molecule has 0 saturated carbocycles. The number of hydrogen-bond donors (Lipinski definition) is 1. The van der Waals surface area contributed by atoms with Crippen molar-refractivity contribution in [1.29, 1.82) is 0 Å². The van der Waals surface area contributed by atoms with E-state index < -0.39 is 0 Å². The molecule has 3 aromatic rings. The number of anilines is 1. The number of rotatable bonds is 5. The first-order valence-corrected chi connectivity index (χ1v) is 8.73. The Morgan fingerprint density at radius 2 is 2.00 bits per heavy atom. The summed E-state index contributed by atoms with van der Waals surface area (Å²) in [6.07, 6.45) is 1.40. The van der Waals surface area contributed by atoms with Gasteiger partial charge in [0, 0.05) is 11.8 Å². The zero-order chi connectivity index (χ0) is 17.8. The van der Waals surface area contributed by atoms with E-state index in [-0.39, 0.29) is 29.2 Å². The van der Waals surface area contributed by atoms with Crippen LogP contribution in [0.5, 0.6) is 5.75 Å². The average Bonchev–Trinajstić information content (AvgIpc) is 3.06. The number of thiophene rings is 1. The van der Waals surface area contributed by atoms with Crippen LogP contribution in [-0.4, -0.2) is 10.9 Å². The lowest BCUT2D eigenvalue weighted by Gasteiger charge is -2.05. The lowest BCUT2D eigenvalue weighted by molar-refractivity contribution is 0.103. The molecule has 0 spiro atoms. The number of hydrogen-bond acceptors (Lipinski definition) is 4. The topological polar surface area (TPSA) is 51.2 Å². The van der Waals surface area contributed by atoms with Gasteiger partial charge >= 0.3 is 0 Å². The van der Waals surface area contributed by atoms with Crippen molar-refractivity contribution in [3.8, 4) is 5.75 Å². The molecular weight excluding hydrogens is 386 g/mol. The van der Waals surface area contributed by atoms with Crippen LogP contribution in [0.1, 0.15) is 15.2 Å². The summed E-state index contributed by atoms with van der Waals surface area (Å²) in [6.45, 7) is 0.273. The van der Waals surface area contributed by atoms with E-state index in [1.807, 2.05) is 5.38 Å². The highest BCUT2D eigenvalue weighted by molar-refractivity contribution is 7.12. The summed E-state index contributed by atoms with van der Waals surface area (Å²) in [5.74, 6) is 0.149. The minimum absolute atomic E-state index is 0.244. The zero-order valence-electron chi connectivity index (χ0n) is 12.6. The number of benzene rings is 1. The molecule has 0 atom stereocenters. The summed E-state index contributed by atoms with van der Waals surface area (Å²) >= 11 is 13.0. The number of nitrogens with zero attached hydrogens (tertiary/aromatic N) is 1. The number of amides is 1. The van der Waals surface area contributed by atoms with Gasteiger partial charge in [-0.15, -0.1) is 11.3 Å². The molecule has 128 valence electrons. The Balaban J connectivity index is 1.62. The molecule has 0 bridgehead atoms. The van der Waals surface area contributed by atoms with Gasteiger partial charge in [-0.1, -0.05) is 23.2 Å². The monoisotopic (exact) mass is 396 g/mol. The van der Waals surface area contributed by atoms with Crippen LogP contribution in [0.4, 0.5) is 10.2 Å². The van der Waals surface area contributed by atoms with Gasteiger partial charge in [-0.25, -0.2) is 9.37 Å². The van der Waals surface area contributed by atoms with E-state index in [1.165, 1.54) is 35.7 Å². The van der Waals surface area contributed by atoms with Crippen molar-refractivity contribution < 1.29 is 13.9 Å². The van der Waals surface area contributed by atoms with E-state index in [1.54, 1.807) is 18.2 Å². The largest absolute Gasteiger partial charge is 0.489 e. The SMILES string of the molecule is O=C(Nc1ncc(Cl)cc1Cl)c1cc(COc2ccc(F)cc2)cs1. The van der Waals surface area contributed by atoms with Gasteiger partial charge in [0.1, 0.15) is 18.2 Å². The number of pyridine rings is 1. The molecule has 2 heterocycles. The zero-order valence-corrected chi connectivity index (χ0v) is 15.0. The van der Waals surface area contributed by atoms with E-state index in [0.717, 1.165) is 5.56 Å². The van der Waals surface area contributed by atoms with E-state index in [9.17, 15) is 9.18 Å². The normalized spacial score (nSPS) is 10.5. The summed E-state index contributed by atoms with van der Waals surface area (Å²) in [5.41, 5.74) is 0.828. The van der Waals surface area contributed by atoms with E-state index >= 15 is 0 Å². The molecule has 4 nitrogen and oxygen atoms in total. The number of carbonyl (C=O) groups is 1. The van der Waals surface area contributed by atoms with Crippen molar-refractivity contribution in [2.45, 2.75) is 6.61 Å². The van der Waals surface area contributed by atoms with Crippen LogP contribution in [-0.2, 0) is 6.61 Å². The summed E-state index contributed by atoms with van der Waals surface area (Å²) in [4.78, 5) is 16.7. The fourth-order valence-electron chi connectivity index (χ4n) is 1.94. The molecule has 1 N–H and O–H groups in total. The Morgan fingerprint density at radius 3 is 2.72 bits per heavy atom. The number of ether oxygens (including phenoxy) is 1. The molecule has 1 aromatic carbocycles. The fourth-order valence-corrected chi connectivity index (χ4v) is 3.16. The van der Waals surface area contributed by atoms with Gasteiger partial charge in [0.25, 0.3) is 5.91 Å². The quantitative estimate of drug-likeness (QED) is 0.626. The minimum Gasteiger partial charge on any atom is -0.489 e. The summed E-state index contributed by atoms with van der Waals surface area (Å²) in [7, 11) is 0. The highest BCUT2D eigenvalue weighted by Crippen LogP contribution is 2.24. The lowest BCUT2D eigenvalue weighted by atomic mass is 10.3. The Kier molecular flexibility index (Phi) is 5.53. The lowest BCUT2D eigenvalue weighted by Crippen LogP contribution is -2.11. The van der Waals surface area contributed by atoms with Crippen LogP contribution in [0.25, 0.3) is 0 Å². The van der Waals surface area contributed by atoms with Gasteiger partial charge in [-0.3, -0.25) is 4.79 Å². The van der Waals surface area contributed by atoms with Crippen molar-refractivity contribution in [2.24, 2.45) is 0 Å². The Morgan fingerprint density at radius 1 is 1.24 bits per heavy atom. The molecule has 1 amide bonds.